The number of rotatable bonds is 5. The van der Waals surface area contributed by atoms with Gasteiger partial charge < -0.3 is 0 Å². The monoisotopic (exact) mass is 536 g/mol. The molecule has 0 saturated carbocycles. The third-order valence-corrected chi connectivity index (χ3v) is 8.08. The first-order valence-electron chi connectivity index (χ1n) is 11.6. The van der Waals surface area contributed by atoms with Gasteiger partial charge in [0.05, 0.1) is 0 Å². The van der Waals surface area contributed by atoms with Crippen molar-refractivity contribution in [3.8, 4) is 16.5 Å². The number of ether oxygens (including phenoxy) is 1. The number of aromatic carboxylic acids is 1. The van der Waals surface area contributed by atoms with Gasteiger partial charge in [-0.25, -0.2) is 0 Å². The number of hydrogen-bond acceptors (Lipinski definition) is 2. The second kappa shape index (κ2) is 9.90. The molecule has 0 amide bonds. The summed E-state index contributed by atoms with van der Waals surface area (Å²) in [5.41, 5.74) is 4.57. The molecule has 0 bridgehead atoms. The van der Waals surface area contributed by atoms with Gasteiger partial charge in [0.25, 0.3) is 0 Å². The summed E-state index contributed by atoms with van der Waals surface area (Å²) < 4.78 is 20.9. The summed E-state index contributed by atoms with van der Waals surface area (Å²) in [7, 11) is 0. The van der Waals surface area contributed by atoms with Gasteiger partial charge in [-0.3, -0.25) is 0 Å². The van der Waals surface area contributed by atoms with Crippen LogP contribution < -0.4 is 9.20 Å². The summed E-state index contributed by atoms with van der Waals surface area (Å²) in [5, 5.41) is 9.07. The van der Waals surface area contributed by atoms with Crippen molar-refractivity contribution in [2.24, 2.45) is 0 Å². The number of carboxylic acid groups (broad SMARTS) is 1. The van der Waals surface area contributed by atoms with Crippen LogP contribution >= 0.6 is 0 Å². The van der Waals surface area contributed by atoms with Crippen molar-refractivity contribution >= 4 is 25.4 Å². The SMILES string of the molecule is CC1(C)CCC(C)(C)c2c(OCc3ccc(F)cc3)cc([Se]C#Cc3ccc(C(=O)O)cc3)cc21. The van der Waals surface area contributed by atoms with Crippen LogP contribution in [0.2, 0.25) is 0 Å². The molecule has 3 aromatic carbocycles. The fourth-order valence-corrected chi connectivity index (χ4v) is 5.78. The number of fused-ring (bicyclic) bond motifs is 1. The van der Waals surface area contributed by atoms with E-state index in [0.717, 1.165) is 34.2 Å². The van der Waals surface area contributed by atoms with Crippen molar-refractivity contribution in [1.82, 2.24) is 0 Å². The standard InChI is InChI=1S/C30H29FO3Se/c1-29(2)14-15-30(3,4)27-25(29)17-24(18-26(27)34-19-21-7-11-23(31)12-8-21)35-16-13-20-5-9-22(10-6-20)28(32)33/h5-12,17-18H,14-15,19H2,1-4H3,(H,32,33). The number of hydrogen-bond donors (Lipinski definition) is 1. The summed E-state index contributed by atoms with van der Waals surface area (Å²) in [6.45, 7) is 9.50. The van der Waals surface area contributed by atoms with Crippen molar-refractivity contribution in [3.05, 3.63) is 94.3 Å². The Kier molecular flexibility index (Phi) is 7.08. The molecule has 5 heteroatoms. The predicted octanol–water partition coefficient (Wildman–Crippen LogP) is 5.79. The minimum atomic E-state index is -0.943. The van der Waals surface area contributed by atoms with Crippen molar-refractivity contribution in [1.29, 1.82) is 0 Å². The van der Waals surface area contributed by atoms with E-state index in [1.807, 2.05) is 0 Å². The van der Waals surface area contributed by atoms with Crippen LogP contribution in [0.25, 0.3) is 0 Å². The van der Waals surface area contributed by atoms with Crippen LogP contribution in [-0.2, 0) is 17.4 Å². The summed E-state index contributed by atoms with van der Waals surface area (Å²) in [5.74, 6) is 2.85. The summed E-state index contributed by atoms with van der Waals surface area (Å²) >= 11 is -0.105. The second-order valence-electron chi connectivity index (χ2n) is 10.2. The zero-order valence-corrected chi connectivity index (χ0v) is 22.2. The van der Waals surface area contributed by atoms with E-state index < -0.39 is 5.97 Å². The number of benzene rings is 3. The average Bonchev–Trinajstić information content (AvgIpc) is 2.82. The van der Waals surface area contributed by atoms with Crippen LogP contribution in [0.1, 0.15) is 73.1 Å². The Balaban J connectivity index is 1.66. The first kappa shape index (κ1) is 25.0. The molecule has 3 nitrogen and oxygen atoms in total. The van der Waals surface area contributed by atoms with Crippen molar-refractivity contribution < 1.29 is 19.0 Å². The molecular formula is C30H29FO3Se. The average molecular weight is 536 g/mol. The van der Waals surface area contributed by atoms with Crippen molar-refractivity contribution in [3.63, 3.8) is 0 Å². The zero-order chi connectivity index (χ0) is 25.2. The van der Waals surface area contributed by atoms with E-state index in [1.54, 1.807) is 36.4 Å². The molecule has 0 spiro atoms. The first-order valence-corrected chi connectivity index (χ1v) is 13.3. The van der Waals surface area contributed by atoms with E-state index in [0.29, 0.717) is 6.61 Å². The fourth-order valence-electron chi connectivity index (χ4n) is 4.46. The maximum atomic E-state index is 13.3. The molecule has 180 valence electrons. The molecule has 0 radical (unpaired) electrons. The molecule has 0 aliphatic heterocycles. The van der Waals surface area contributed by atoms with Gasteiger partial charge in [0.2, 0.25) is 0 Å². The molecule has 0 aromatic heterocycles. The molecular weight excluding hydrogens is 506 g/mol. The molecule has 0 heterocycles. The number of carboxylic acids is 1. The normalized spacial score (nSPS) is 15.5. The van der Waals surface area contributed by atoms with Crippen molar-refractivity contribution in [2.45, 2.75) is 58.0 Å². The number of carbonyl (C=O) groups is 1. The Labute approximate surface area is 212 Å². The Morgan fingerprint density at radius 1 is 1.00 bits per heavy atom. The zero-order valence-electron chi connectivity index (χ0n) is 20.4. The molecule has 1 aliphatic rings. The molecule has 3 aromatic rings. The maximum absolute atomic E-state index is 13.3. The van der Waals surface area contributed by atoms with E-state index in [9.17, 15) is 9.18 Å². The molecule has 1 aliphatic carbocycles. The van der Waals surface area contributed by atoms with E-state index in [2.05, 4.69) is 50.6 Å². The molecule has 0 saturated heterocycles. The Morgan fingerprint density at radius 3 is 2.31 bits per heavy atom. The molecule has 0 fully saturated rings. The second-order valence-corrected chi connectivity index (χ2v) is 12.1. The molecule has 0 atom stereocenters. The van der Waals surface area contributed by atoms with Gasteiger partial charge in [0.15, 0.2) is 0 Å². The van der Waals surface area contributed by atoms with Crippen LogP contribution in [0.4, 0.5) is 4.39 Å². The van der Waals surface area contributed by atoms with Crippen LogP contribution in [0, 0.1) is 16.6 Å². The Bertz CT molecular complexity index is 1300. The third kappa shape index (κ3) is 5.78. The third-order valence-electron chi connectivity index (χ3n) is 6.66. The molecule has 1 N–H and O–H groups in total. The minimum absolute atomic E-state index is 0.00786. The van der Waals surface area contributed by atoms with Crippen molar-refractivity contribution in [2.75, 3.05) is 0 Å². The summed E-state index contributed by atoms with van der Waals surface area (Å²) in [6.07, 6.45) is 2.18. The van der Waals surface area contributed by atoms with Crippen LogP contribution in [-0.4, -0.2) is 26.0 Å². The Hall–Kier alpha value is -3.06. The Morgan fingerprint density at radius 2 is 1.66 bits per heavy atom. The van der Waals surface area contributed by atoms with E-state index in [1.165, 1.54) is 23.3 Å². The van der Waals surface area contributed by atoms with Gasteiger partial charge in [-0.05, 0) is 0 Å². The van der Waals surface area contributed by atoms with Gasteiger partial charge in [-0.1, -0.05) is 0 Å². The quantitative estimate of drug-likeness (QED) is 0.332. The fraction of sp³-hybridized carbons (Fsp3) is 0.300. The summed E-state index contributed by atoms with van der Waals surface area (Å²) in [6, 6.07) is 17.5. The van der Waals surface area contributed by atoms with E-state index in [4.69, 9.17) is 9.84 Å². The molecule has 0 unspecified atom stereocenters. The molecule has 35 heavy (non-hydrogen) atoms. The van der Waals surface area contributed by atoms with Gasteiger partial charge >= 0.3 is 213 Å². The van der Waals surface area contributed by atoms with Gasteiger partial charge in [0, 0.05) is 0 Å². The van der Waals surface area contributed by atoms with Gasteiger partial charge in [0.1, 0.15) is 0 Å². The van der Waals surface area contributed by atoms with E-state index >= 15 is 0 Å². The number of halogens is 1. The summed E-state index contributed by atoms with van der Waals surface area (Å²) in [4.78, 5) is 14.4. The topological polar surface area (TPSA) is 46.5 Å². The first-order chi connectivity index (χ1) is 16.5. The van der Waals surface area contributed by atoms with Crippen LogP contribution in [0.5, 0.6) is 5.75 Å². The van der Waals surface area contributed by atoms with Crippen LogP contribution in [0.15, 0.2) is 60.7 Å². The van der Waals surface area contributed by atoms with Crippen LogP contribution in [0.3, 0.4) is 0 Å². The van der Waals surface area contributed by atoms with Gasteiger partial charge in [-0.15, -0.1) is 0 Å². The molecule has 4 rings (SSSR count). The van der Waals surface area contributed by atoms with E-state index in [-0.39, 0.29) is 37.2 Å². The van der Waals surface area contributed by atoms with Gasteiger partial charge in [-0.2, -0.15) is 0 Å². The predicted molar refractivity (Wildman–Crippen MR) is 138 cm³/mol.